The van der Waals surface area contributed by atoms with Crippen molar-refractivity contribution >= 4 is 15.9 Å². The summed E-state index contributed by atoms with van der Waals surface area (Å²) in [6.45, 7) is 6.84. The van der Waals surface area contributed by atoms with Crippen LogP contribution in [0.2, 0.25) is 0 Å². The van der Waals surface area contributed by atoms with E-state index in [9.17, 15) is 0 Å². The molecule has 0 aromatic carbocycles. The quantitative estimate of drug-likeness (QED) is 0.903. The minimum absolute atomic E-state index is 0.156. The van der Waals surface area contributed by atoms with E-state index in [4.69, 9.17) is 10.5 Å². The van der Waals surface area contributed by atoms with E-state index in [1.807, 2.05) is 0 Å². The van der Waals surface area contributed by atoms with Crippen LogP contribution in [0.25, 0.3) is 0 Å². The summed E-state index contributed by atoms with van der Waals surface area (Å²) in [4.78, 5) is 0. The summed E-state index contributed by atoms with van der Waals surface area (Å²) in [5, 5.41) is 4.63. The summed E-state index contributed by atoms with van der Waals surface area (Å²) in [6, 6.07) is 0.156. The Bertz CT molecular complexity index is 413. The Kier molecular flexibility index (Phi) is 5.42. The van der Waals surface area contributed by atoms with E-state index in [2.05, 4.69) is 39.6 Å². The minimum atomic E-state index is 0.156. The van der Waals surface area contributed by atoms with Crippen LogP contribution in [0, 0.1) is 5.92 Å². The lowest BCUT2D eigenvalue weighted by Gasteiger charge is -2.27. The van der Waals surface area contributed by atoms with Crippen molar-refractivity contribution in [2.24, 2.45) is 11.7 Å². The van der Waals surface area contributed by atoms with Gasteiger partial charge in [-0.05, 0) is 48.0 Å². The SMILES string of the molecule is CCc1nn(CC)c(CC(N)C2CCCOC2)c1Br. The van der Waals surface area contributed by atoms with E-state index in [1.54, 1.807) is 0 Å². The summed E-state index contributed by atoms with van der Waals surface area (Å²) in [6.07, 6.45) is 4.13. The molecule has 2 unspecified atom stereocenters. The number of aromatic nitrogens is 2. The largest absolute Gasteiger partial charge is 0.381 e. The Hall–Kier alpha value is -0.390. The number of halogens is 1. The van der Waals surface area contributed by atoms with Crippen molar-refractivity contribution in [2.45, 2.75) is 52.1 Å². The lowest BCUT2D eigenvalue weighted by molar-refractivity contribution is 0.0447. The molecule has 1 aliphatic heterocycles. The molecule has 1 aliphatic rings. The van der Waals surface area contributed by atoms with Gasteiger partial charge in [-0.15, -0.1) is 0 Å². The molecule has 5 heteroatoms. The van der Waals surface area contributed by atoms with Crippen molar-refractivity contribution in [1.29, 1.82) is 0 Å². The van der Waals surface area contributed by atoms with Crippen LogP contribution in [0.15, 0.2) is 4.47 Å². The molecule has 1 saturated heterocycles. The Morgan fingerprint density at radius 1 is 1.53 bits per heavy atom. The zero-order chi connectivity index (χ0) is 13.8. The number of rotatable bonds is 5. The van der Waals surface area contributed by atoms with Crippen LogP contribution in [0.1, 0.15) is 38.1 Å². The molecule has 1 aromatic heterocycles. The highest BCUT2D eigenvalue weighted by molar-refractivity contribution is 9.10. The number of nitrogens with two attached hydrogens (primary N) is 1. The molecule has 0 saturated carbocycles. The zero-order valence-corrected chi connectivity index (χ0v) is 13.4. The molecule has 0 bridgehead atoms. The summed E-state index contributed by atoms with van der Waals surface area (Å²) < 4.78 is 8.76. The van der Waals surface area contributed by atoms with Gasteiger partial charge in [0, 0.05) is 25.6 Å². The Morgan fingerprint density at radius 2 is 2.32 bits per heavy atom. The van der Waals surface area contributed by atoms with Gasteiger partial charge in [-0.1, -0.05) is 6.92 Å². The van der Waals surface area contributed by atoms with Crippen LogP contribution in [0.4, 0.5) is 0 Å². The molecule has 0 spiro atoms. The van der Waals surface area contributed by atoms with Crippen molar-refractivity contribution in [1.82, 2.24) is 9.78 Å². The molecular weight excluding hydrogens is 306 g/mol. The lowest BCUT2D eigenvalue weighted by Crippen LogP contribution is -2.38. The average Bonchev–Trinajstić information content (AvgIpc) is 2.76. The predicted molar refractivity (Wildman–Crippen MR) is 80.2 cm³/mol. The molecule has 19 heavy (non-hydrogen) atoms. The molecule has 1 aromatic rings. The first-order chi connectivity index (χ1) is 9.17. The van der Waals surface area contributed by atoms with E-state index < -0.39 is 0 Å². The molecule has 0 radical (unpaired) electrons. The van der Waals surface area contributed by atoms with Gasteiger partial charge in [-0.3, -0.25) is 4.68 Å². The van der Waals surface area contributed by atoms with Crippen molar-refractivity contribution in [3.05, 3.63) is 15.9 Å². The van der Waals surface area contributed by atoms with Crippen LogP contribution in [0.5, 0.6) is 0 Å². The number of nitrogens with zero attached hydrogens (tertiary/aromatic N) is 2. The molecule has 108 valence electrons. The lowest BCUT2D eigenvalue weighted by atomic mass is 9.91. The second-order valence-electron chi connectivity index (χ2n) is 5.22. The third-order valence-corrected chi connectivity index (χ3v) is 4.84. The third-order valence-electron chi connectivity index (χ3n) is 3.92. The fraction of sp³-hybridized carbons (Fsp3) is 0.786. The van der Waals surface area contributed by atoms with E-state index in [1.165, 1.54) is 12.1 Å². The topological polar surface area (TPSA) is 53.1 Å². The molecular formula is C14H24BrN3O. The molecule has 2 heterocycles. The highest BCUT2D eigenvalue weighted by atomic mass is 79.9. The second kappa shape index (κ2) is 6.86. The van der Waals surface area contributed by atoms with Gasteiger partial charge in [0.2, 0.25) is 0 Å². The number of ether oxygens (including phenoxy) is 1. The first-order valence-corrected chi connectivity index (χ1v) is 8.04. The van der Waals surface area contributed by atoms with Crippen LogP contribution >= 0.6 is 15.9 Å². The van der Waals surface area contributed by atoms with Crippen molar-refractivity contribution in [3.8, 4) is 0 Å². The van der Waals surface area contributed by atoms with Gasteiger partial charge in [0.25, 0.3) is 0 Å². The maximum Gasteiger partial charge on any atom is 0.0766 e. The van der Waals surface area contributed by atoms with Gasteiger partial charge in [0.15, 0.2) is 0 Å². The number of hydrogen-bond donors (Lipinski definition) is 1. The summed E-state index contributed by atoms with van der Waals surface area (Å²) >= 11 is 3.69. The monoisotopic (exact) mass is 329 g/mol. The van der Waals surface area contributed by atoms with Gasteiger partial charge in [0.1, 0.15) is 0 Å². The molecule has 2 rings (SSSR count). The van der Waals surface area contributed by atoms with Crippen LogP contribution in [-0.2, 0) is 24.1 Å². The first-order valence-electron chi connectivity index (χ1n) is 7.24. The highest BCUT2D eigenvalue weighted by Crippen LogP contribution is 2.26. The van der Waals surface area contributed by atoms with E-state index >= 15 is 0 Å². The van der Waals surface area contributed by atoms with E-state index in [-0.39, 0.29) is 6.04 Å². The van der Waals surface area contributed by atoms with E-state index in [0.29, 0.717) is 5.92 Å². The second-order valence-corrected chi connectivity index (χ2v) is 6.01. The van der Waals surface area contributed by atoms with Crippen molar-refractivity contribution in [2.75, 3.05) is 13.2 Å². The number of aryl methyl sites for hydroxylation is 2. The smallest absolute Gasteiger partial charge is 0.0766 e. The molecule has 2 N–H and O–H groups in total. The molecule has 0 amide bonds. The van der Waals surface area contributed by atoms with Gasteiger partial charge < -0.3 is 10.5 Å². The predicted octanol–water partition coefficient (Wildman–Crippen LogP) is 2.52. The molecule has 4 nitrogen and oxygen atoms in total. The van der Waals surface area contributed by atoms with Gasteiger partial charge in [-0.2, -0.15) is 5.10 Å². The summed E-state index contributed by atoms with van der Waals surface area (Å²) in [5.74, 6) is 0.478. The Labute approximate surface area is 123 Å². The van der Waals surface area contributed by atoms with Crippen LogP contribution < -0.4 is 5.73 Å². The molecule has 0 aliphatic carbocycles. The fourth-order valence-corrected chi connectivity index (χ4v) is 3.43. The minimum Gasteiger partial charge on any atom is -0.381 e. The summed E-state index contributed by atoms with van der Waals surface area (Å²) in [7, 11) is 0. The third kappa shape index (κ3) is 3.38. The molecule has 1 fully saturated rings. The van der Waals surface area contributed by atoms with Crippen molar-refractivity contribution < 1.29 is 4.74 Å². The van der Waals surface area contributed by atoms with Crippen molar-refractivity contribution in [3.63, 3.8) is 0 Å². The molecule has 2 atom stereocenters. The highest BCUT2D eigenvalue weighted by Gasteiger charge is 2.24. The maximum absolute atomic E-state index is 6.38. The normalized spacial score (nSPS) is 21.6. The van der Waals surface area contributed by atoms with Crippen LogP contribution in [-0.4, -0.2) is 29.0 Å². The van der Waals surface area contributed by atoms with E-state index in [0.717, 1.165) is 49.2 Å². The Morgan fingerprint density at radius 3 is 2.89 bits per heavy atom. The maximum atomic E-state index is 6.38. The average molecular weight is 330 g/mol. The summed E-state index contributed by atoms with van der Waals surface area (Å²) in [5.41, 5.74) is 8.74. The standard InChI is InChI=1S/C14H24BrN3O/c1-3-12-14(15)13(18(4-2)17-12)8-11(16)10-6-5-7-19-9-10/h10-11H,3-9,16H2,1-2H3. The van der Waals surface area contributed by atoms with Gasteiger partial charge in [0.05, 0.1) is 22.5 Å². The number of hydrogen-bond acceptors (Lipinski definition) is 3. The van der Waals surface area contributed by atoms with Gasteiger partial charge in [-0.25, -0.2) is 0 Å². The Balaban J connectivity index is 2.10. The van der Waals surface area contributed by atoms with Gasteiger partial charge >= 0.3 is 0 Å². The zero-order valence-electron chi connectivity index (χ0n) is 11.9. The van der Waals surface area contributed by atoms with Crippen LogP contribution in [0.3, 0.4) is 0 Å². The fourth-order valence-electron chi connectivity index (χ4n) is 2.71. The first kappa shape index (κ1) is 15.0.